The van der Waals surface area contributed by atoms with E-state index in [2.05, 4.69) is 30.5 Å². The molecule has 0 radical (unpaired) electrons. The number of rotatable bonds is 7. The molecule has 1 heterocycles. The van der Waals surface area contributed by atoms with Gasteiger partial charge in [0.2, 0.25) is 5.91 Å². The maximum absolute atomic E-state index is 11.7. The van der Waals surface area contributed by atoms with Crippen molar-refractivity contribution in [2.24, 2.45) is 5.92 Å². The summed E-state index contributed by atoms with van der Waals surface area (Å²) in [5, 5.41) is 6.25. The number of carbonyl (C=O) groups excluding carboxylic acids is 1. The highest BCUT2D eigenvalue weighted by molar-refractivity contribution is 5.85. The molecule has 1 fully saturated rings. The van der Waals surface area contributed by atoms with Crippen molar-refractivity contribution in [2.45, 2.75) is 33.1 Å². The largest absolute Gasteiger partial charge is 0.492 e. The molecule has 1 amide bonds. The highest BCUT2D eigenvalue weighted by atomic mass is 35.5. The van der Waals surface area contributed by atoms with E-state index >= 15 is 0 Å². The van der Waals surface area contributed by atoms with Crippen LogP contribution in [0, 0.1) is 19.8 Å². The number of nitrogens with one attached hydrogen (secondary N) is 2. The topological polar surface area (TPSA) is 50.4 Å². The van der Waals surface area contributed by atoms with Crippen LogP contribution >= 0.6 is 12.4 Å². The standard InChI is InChI=1S/C17H26N2O2.ClH/c1-13-9-14(2)11-16(10-13)21-8-7-19-17(20)4-3-15-5-6-18-12-15;/h9-11,15,18H,3-8,12H2,1-2H3,(H,19,20);1H. The number of carbonyl (C=O) groups is 1. The van der Waals surface area contributed by atoms with E-state index in [0.717, 1.165) is 25.3 Å². The second kappa shape index (κ2) is 9.70. The number of ether oxygens (including phenoxy) is 1. The van der Waals surface area contributed by atoms with Gasteiger partial charge in [-0.15, -0.1) is 12.4 Å². The van der Waals surface area contributed by atoms with Crippen LogP contribution in [0.1, 0.15) is 30.4 Å². The van der Waals surface area contributed by atoms with Gasteiger partial charge in [0.15, 0.2) is 0 Å². The number of halogens is 1. The predicted octanol–water partition coefficient (Wildman–Crippen LogP) is 2.61. The van der Waals surface area contributed by atoms with E-state index in [1.807, 2.05) is 12.1 Å². The minimum Gasteiger partial charge on any atom is -0.492 e. The highest BCUT2D eigenvalue weighted by Gasteiger charge is 2.15. The van der Waals surface area contributed by atoms with Gasteiger partial charge in [0.1, 0.15) is 12.4 Å². The van der Waals surface area contributed by atoms with Crippen molar-refractivity contribution in [1.29, 1.82) is 0 Å². The highest BCUT2D eigenvalue weighted by Crippen LogP contribution is 2.16. The molecular weight excluding hydrogens is 300 g/mol. The molecule has 0 spiro atoms. The van der Waals surface area contributed by atoms with Crippen molar-refractivity contribution in [2.75, 3.05) is 26.2 Å². The van der Waals surface area contributed by atoms with E-state index in [1.165, 1.54) is 17.5 Å². The summed E-state index contributed by atoms with van der Waals surface area (Å²) in [5.41, 5.74) is 2.39. The Bertz CT molecular complexity index is 453. The smallest absolute Gasteiger partial charge is 0.220 e. The first kappa shape index (κ1) is 18.8. The van der Waals surface area contributed by atoms with E-state index in [9.17, 15) is 4.79 Å². The molecule has 1 aromatic carbocycles. The lowest BCUT2D eigenvalue weighted by Gasteiger charge is -2.10. The van der Waals surface area contributed by atoms with E-state index in [4.69, 9.17) is 4.74 Å². The molecule has 1 saturated heterocycles. The van der Waals surface area contributed by atoms with Crippen LogP contribution in [0.25, 0.3) is 0 Å². The number of hydrogen-bond donors (Lipinski definition) is 2. The zero-order chi connectivity index (χ0) is 15.1. The molecule has 1 unspecified atom stereocenters. The first-order valence-electron chi connectivity index (χ1n) is 7.82. The molecule has 22 heavy (non-hydrogen) atoms. The van der Waals surface area contributed by atoms with Gasteiger partial charge in [0.05, 0.1) is 6.54 Å². The first-order chi connectivity index (χ1) is 10.1. The van der Waals surface area contributed by atoms with Crippen LogP contribution in [-0.2, 0) is 4.79 Å². The summed E-state index contributed by atoms with van der Waals surface area (Å²) in [6, 6.07) is 6.15. The van der Waals surface area contributed by atoms with Crippen LogP contribution in [0.15, 0.2) is 18.2 Å². The number of aryl methyl sites for hydroxylation is 2. The van der Waals surface area contributed by atoms with Gasteiger partial charge in [0.25, 0.3) is 0 Å². The van der Waals surface area contributed by atoms with Crippen molar-refractivity contribution in [3.8, 4) is 5.75 Å². The van der Waals surface area contributed by atoms with Crippen molar-refractivity contribution in [1.82, 2.24) is 10.6 Å². The quantitative estimate of drug-likeness (QED) is 0.757. The zero-order valence-corrected chi connectivity index (χ0v) is 14.3. The molecule has 1 atom stereocenters. The third-order valence-electron chi connectivity index (χ3n) is 3.83. The average Bonchev–Trinajstić information content (AvgIpc) is 2.93. The summed E-state index contributed by atoms with van der Waals surface area (Å²) >= 11 is 0. The molecule has 124 valence electrons. The fourth-order valence-corrected chi connectivity index (χ4v) is 2.76. The SMILES string of the molecule is Cc1cc(C)cc(OCCNC(=O)CCC2CCNC2)c1.Cl. The third-order valence-corrected chi connectivity index (χ3v) is 3.83. The van der Waals surface area contributed by atoms with Crippen LogP contribution in [-0.4, -0.2) is 32.1 Å². The molecule has 0 bridgehead atoms. The van der Waals surface area contributed by atoms with Gasteiger partial charge in [-0.2, -0.15) is 0 Å². The lowest BCUT2D eigenvalue weighted by atomic mass is 10.0. The Balaban J connectivity index is 0.00000242. The van der Waals surface area contributed by atoms with Crippen LogP contribution in [0.3, 0.4) is 0 Å². The first-order valence-corrected chi connectivity index (χ1v) is 7.82. The number of benzene rings is 1. The summed E-state index contributed by atoms with van der Waals surface area (Å²) < 4.78 is 5.67. The van der Waals surface area contributed by atoms with Gasteiger partial charge in [-0.1, -0.05) is 6.07 Å². The molecule has 2 rings (SSSR count). The second-order valence-electron chi connectivity index (χ2n) is 5.92. The minimum absolute atomic E-state index is 0. The molecule has 0 saturated carbocycles. The van der Waals surface area contributed by atoms with Gasteiger partial charge in [-0.25, -0.2) is 0 Å². The van der Waals surface area contributed by atoms with Crippen LogP contribution in [0.5, 0.6) is 5.75 Å². The van der Waals surface area contributed by atoms with Gasteiger partial charge in [0, 0.05) is 6.42 Å². The minimum atomic E-state index is 0. The third kappa shape index (κ3) is 6.67. The maximum Gasteiger partial charge on any atom is 0.220 e. The number of hydrogen-bond acceptors (Lipinski definition) is 3. The Morgan fingerprint density at radius 3 is 2.68 bits per heavy atom. The average molecular weight is 327 g/mol. The van der Waals surface area contributed by atoms with E-state index in [1.54, 1.807) is 0 Å². The van der Waals surface area contributed by atoms with Crippen LogP contribution < -0.4 is 15.4 Å². The summed E-state index contributed by atoms with van der Waals surface area (Å²) in [7, 11) is 0. The second-order valence-corrected chi connectivity index (χ2v) is 5.92. The van der Waals surface area contributed by atoms with E-state index < -0.39 is 0 Å². The monoisotopic (exact) mass is 326 g/mol. The molecule has 2 N–H and O–H groups in total. The Labute approximate surface area is 139 Å². The number of amides is 1. The van der Waals surface area contributed by atoms with Crippen molar-refractivity contribution in [3.63, 3.8) is 0 Å². The maximum atomic E-state index is 11.7. The van der Waals surface area contributed by atoms with Crippen molar-refractivity contribution >= 4 is 18.3 Å². The van der Waals surface area contributed by atoms with Crippen molar-refractivity contribution < 1.29 is 9.53 Å². The fourth-order valence-electron chi connectivity index (χ4n) is 2.76. The van der Waals surface area contributed by atoms with Crippen molar-refractivity contribution in [3.05, 3.63) is 29.3 Å². The Hall–Kier alpha value is -1.26. The molecule has 0 aliphatic carbocycles. The summed E-state index contributed by atoms with van der Waals surface area (Å²) in [5.74, 6) is 1.67. The van der Waals surface area contributed by atoms with E-state index in [-0.39, 0.29) is 18.3 Å². The molecule has 4 nitrogen and oxygen atoms in total. The predicted molar refractivity (Wildman–Crippen MR) is 91.9 cm³/mol. The Morgan fingerprint density at radius 1 is 1.32 bits per heavy atom. The Morgan fingerprint density at radius 2 is 2.05 bits per heavy atom. The van der Waals surface area contributed by atoms with Gasteiger partial charge in [-0.3, -0.25) is 4.79 Å². The lowest BCUT2D eigenvalue weighted by Crippen LogP contribution is -2.28. The Kier molecular flexibility index (Phi) is 8.28. The van der Waals surface area contributed by atoms with Crippen LogP contribution in [0.2, 0.25) is 0 Å². The summed E-state index contributed by atoms with van der Waals surface area (Å²) in [4.78, 5) is 11.7. The lowest BCUT2D eigenvalue weighted by molar-refractivity contribution is -0.121. The van der Waals surface area contributed by atoms with E-state index in [0.29, 0.717) is 25.5 Å². The summed E-state index contributed by atoms with van der Waals surface area (Å²) in [6.45, 7) is 7.34. The molecule has 1 aliphatic heterocycles. The molecule has 0 aromatic heterocycles. The molecule has 1 aliphatic rings. The normalized spacial score (nSPS) is 16.9. The van der Waals surface area contributed by atoms with Gasteiger partial charge >= 0.3 is 0 Å². The molecular formula is C17H27ClN2O2. The zero-order valence-electron chi connectivity index (χ0n) is 13.5. The van der Waals surface area contributed by atoms with Gasteiger partial charge < -0.3 is 15.4 Å². The summed E-state index contributed by atoms with van der Waals surface area (Å²) in [6.07, 6.45) is 2.80. The van der Waals surface area contributed by atoms with Crippen LogP contribution in [0.4, 0.5) is 0 Å². The molecule has 1 aromatic rings. The molecule has 5 heteroatoms. The van der Waals surface area contributed by atoms with Gasteiger partial charge in [-0.05, 0) is 69.0 Å². The fraction of sp³-hybridized carbons (Fsp3) is 0.588.